The summed E-state index contributed by atoms with van der Waals surface area (Å²) in [5.41, 5.74) is 1.55. The Morgan fingerprint density at radius 1 is 1.37 bits per heavy atom. The molecule has 1 fully saturated rings. The van der Waals surface area contributed by atoms with Gasteiger partial charge in [-0.25, -0.2) is 13.6 Å². The predicted molar refractivity (Wildman–Crippen MR) is 96.5 cm³/mol. The Morgan fingerprint density at radius 2 is 2.11 bits per heavy atom. The van der Waals surface area contributed by atoms with Crippen LogP contribution in [0.2, 0.25) is 5.02 Å². The van der Waals surface area contributed by atoms with Crippen LogP contribution in [0, 0.1) is 18.6 Å². The van der Waals surface area contributed by atoms with Crippen molar-refractivity contribution in [2.75, 3.05) is 18.5 Å². The first-order chi connectivity index (χ1) is 12.8. The minimum atomic E-state index is -1.16. The molecular formula is C18H17ClF2N4O2. The first-order valence-electron chi connectivity index (χ1n) is 8.17. The summed E-state index contributed by atoms with van der Waals surface area (Å²) in [6, 6.07) is 4.67. The zero-order valence-electron chi connectivity index (χ0n) is 14.7. The second-order valence-electron chi connectivity index (χ2n) is 6.18. The number of rotatable bonds is 4. The van der Waals surface area contributed by atoms with Crippen LogP contribution in [-0.4, -0.2) is 41.5 Å². The number of aryl methyl sites for hydroxylation is 1. The SMILES string of the molecule is Cc1ncccc1N1C[C@@H](C(=O)NCc2ccc(F)c(F)c2Cl)N(C)C1=O. The summed E-state index contributed by atoms with van der Waals surface area (Å²) < 4.78 is 26.7. The van der Waals surface area contributed by atoms with Crippen LogP contribution in [0.15, 0.2) is 30.5 Å². The highest BCUT2D eigenvalue weighted by Gasteiger charge is 2.40. The molecular weight excluding hydrogens is 378 g/mol. The van der Waals surface area contributed by atoms with Gasteiger partial charge >= 0.3 is 6.03 Å². The fraction of sp³-hybridized carbons (Fsp3) is 0.278. The highest BCUT2D eigenvalue weighted by molar-refractivity contribution is 6.31. The molecule has 2 heterocycles. The van der Waals surface area contributed by atoms with Crippen molar-refractivity contribution >= 4 is 29.2 Å². The smallest absolute Gasteiger partial charge is 0.325 e. The molecule has 0 bridgehead atoms. The van der Waals surface area contributed by atoms with Gasteiger partial charge in [-0.05, 0) is 30.7 Å². The third kappa shape index (κ3) is 3.57. The zero-order valence-corrected chi connectivity index (χ0v) is 15.4. The van der Waals surface area contributed by atoms with Crippen LogP contribution in [0.5, 0.6) is 0 Å². The number of amides is 3. The zero-order chi connectivity index (χ0) is 19.7. The molecule has 0 unspecified atom stereocenters. The fourth-order valence-electron chi connectivity index (χ4n) is 2.92. The Hall–Kier alpha value is -2.74. The summed E-state index contributed by atoms with van der Waals surface area (Å²) in [4.78, 5) is 32.0. The van der Waals surface area contributed by atoms with Gasteiger partial charge in [0.05, 0.1) is 22.9 Å². The lowest BCUT2D eigenvalue weighted by atomic mass is 10.2. The molecule has 27 heavy (non-hydrogen) atoms. The van der Waals surface area contributed by atoms with E-state index >= 15 is 0 Å². The van der Waals surface area contributed by atoms with Crippen molar-refractivity contribution in [3.63, 3.8) is 0 Å². The summed E-state index contributed by atoms with van der Waals surface area (Å²) in [5, 5.41) is 2.24. The largest absolute Gasteiger partial charge is 0.350 e. The summed E-state index contributed by atoms with van der Waals surface area (Å²) in [7, 11) is 1.53. The number of urea groups is 1. The van der Waals surface area contributed by atoms with E-state index in [1.165, 1.54) is 22.9 Å². The number of benzene rings is 1. The third-order valence-electron chi connectivity index (χ3n) is 4.50. The number of halogens is 3. The van der Waals surface area contributed by atoms with Crippen LogP contribution in [-0.2, 0) is 11.3 Å². The Balaban J connectivity index is 1.71. The number of carbonyl (C=O) groups excluding carboxylic acids is 2. The third-order valence-corrected chi connectivity index (χ3v) is 4.91. The molecule has 1 aromatic carbocycles. The van der Waals surface area contributed by atoms with Crippen LogP contribution in [0.4, 0.5) is 19.3 Å². The van der Waals surface area contributed by atoms with Gasteiger partial charge in [-0.2, -0.15) is 0 Å². The average Bonchev–Trinajstić information content (AvgIpc) is 2.95. The molecule has 142 valence electrons. The number of hydrogen-bond donors (Lipinski definition) is 1. The van der Waals surface area contributed by atoms with Crippen LogP contribution < -0.4 is 10.2 Å². The van der Waals surface area contributed by atoms with Crippen LogP contribution in [0.1, 0.15) is 11.3 Å². The second-order valence-corrected chi connectivity index (χ2v) is 6.56. The van der Waals surface area contributed by atoms with Crippen molar-refractivity contribution < 1.29 is 18.4 Å². The maximum absolute atomic E-state index is 13.5. The number of anilines is 1. The van der Waals surface area contributed by atoms with Gasteiger partial charge in [-0.15, -0.1) is 0 Å². The Bertz CT molecular complexity index is 909. The van der Waals surface area contributed by atoms with E-state index in [0.717, 1.165) is 6.07 Å². The van der Waals surface area contributed by atoms with Crippen LogP contribution in [0.25, 0.3) is 0 Å². The summed E-state index contributed by atoms with van der Waals surface area (Å²) in [6.07, 6.45) is 1.62. The summed E-state index contributed by atoms with van der Waals surface area (Å²) >= 11 is 5.77. The maximum Gasteiger partial charge on any atom is 0.325 e. The molecule has 0 aliphatic carbocycles. The topological polar surface area (TPSA) is 65.5 Å². The van der Waals surface area contributed by atoms with Gasteiger partial charge in [0.15, 0.2) is 11.6 Å². The monoisotopic (exact) mass is 394 g/mol. The Morgan fingerprint density at radius 3 is 2.81 bits per heavy atom. The quantitative estimate of drug-likeness (QED) is 0.811. The number of likely N-dealkylation sites (N-methyl/N-ethyl adjacent to an activating group) is 1. The van der Waals surface area contributed by atoms with Crippen LogP contribution >= 0.6 is 11.6 Å². The van der Waals surface area contributed by atoms with Crippen molar-refractivity contribution in [3.05, 3.63) is 58.4 Å². The normalized spacial score (nSPS) is 16.8. The van der Waals surface area contributed by atoms with E-state index in [1.807, 2.05) is 0 Å². The van der Waals surface area contributed by atoms with E-state index in [-0.39, 0.29) is 29.7 Å². The predicted octanol–water partition coefficient (Wildman–Crippen LogP) is 2.88. The Labute approximate surface area is 159 Å². The first-order valence-corrected chi connectivity index (χ1v) is 8.55. The second kappa shape index (κ2) is 7.48. The van der Waals surface area contributed by atoms with E-state index in [1.54, 1.807) is 25.3 Å². The van der Waals surface area contributed by atoms with E-state index in [4.69, 9.17) is 11.6 Å². The summed E-state index contributed by atoms with van der Waals surface area (Å²) in [5.74, 6) is -2.64. The van der Waals surface area contributed by atoms with Crippen molar-refractivity contribution in [3.8, 4) is 0 Å². The Kier molecular flexibility index (Phi) is 5.27. The van der Waals surface area contributed by atoms with Gasteiger partial charge in [-0.1, -0.05) is 17.7 Å². The number of hydrogen-bond acceptors (Lipinski definition) is 3. The van der Waals surface area contributed by atoms with Crippen molar-refractivity contribution in [1.82, 2.24) is 15.2 Å². The molecule has 1 atom stereocenters. The van der Waals surface area contributed by atoms with Crippen molar-refractivity contribution in [2.45, 2.75) is 19.5 Å². The fourth-order valence-corrected chi connectivity index (χ4v) is 3.14. The average molecular weight is 395 g/mol. The maximum atomic E-state index is 13.5. The molecule has 0 radical (unpaired) electrons. The van der Waals surface area contributed by atoms with E-state index in [0.29, 0.717) is 11.4 Å². The van der Waals surface area contributed by atoms with E-state index in [2.05, 4.69) is 10.3 Å². The van der Waals surface area contributed by atoms with E-state index in [9.17, 15) is 18.4 Å². The van der Waals surface area contributed by atoms with Gasteiger partial charge in [0.2, 0.25) is 5.91 Å². The van der Waals surface area contributed by atoms with Crippen molar-refractivity contribution in [2.24, 2.45) is 0 Å². The molecule has 6 nitrogen and oxygen atoms in total. The highest BCUT2D eigenvalue weighted by atomic mass is 35.5. The lowest BCUT2D eigenvalue weighted by Crippen LogP contribution is -2.43. The first kappa shape index (κ1) is 19.0. The van der Waals surface area contributed by atoms with Crippen LogP contribution in [0.3, 0.4) is 0 Å². The van der Waals surface area contributed by atoms with E-state index < -0.39 is 23.6 Å². The molecule has 1 aliphatic rings. The minimum absolute atomic E-state index is 0.0840. The lowest BCUT2D eigenvalue weighted by molar-refractivity contribution is -0.124. The van der Waals surface area contributed by atoms with Gasteiger partial charge in [0.25, 0.3) is 0 Å². The number of aromatic nitrogens is 1. The molecule has 0 spiro atoms. The molecule has 3 rings (SSSR count). The van der Waals surface area contributed by atoms with Gasteiger partial charge in [0, 0.05) is 19.8 Å². The lowest BCUT2D eigenvalue weighted by Gasteiger charge is -2.17. The van der Waals surface area contributed by atoms with Gasteiger partial charge in [-0.3, -0.25) is 14.7 Å². The highest BCUT2D eigenvalue weighted by Crippen LogP contribution is 2.25. The number of carbonyl (C=O) groups is 2. The summed E-state index contributed by atoms with van der Waals surface area (Å²) in [6.45, 7) is 1.85. The molecule has 9 heteroatoms. The number of pyridine rings is 1. The minimum Gasteiger partial charge on any atom is -0.350 e. The molecule has 3 amide bonds. The standard InChI is InChI=1S/C18H17ClF2N4O2/c1-10-13(4-3-7-22-10)25-9-14(24(2)18(25)27)17(26)23-8-11-5-6-12(20)16(21)15(11)19/h3-7,14H,8-9H2,1-2H3,(H,23,26)/t14-/m0/s1. The number of nitrogens with one attached hydrogen (secondary N) is 1. The molecule has 1 saturated heterocycles. The van der Waals surface area contributed by atoms with Crippen molar-refractivity contribution in [1.29, 1.82) is 0 Å². The molecule has 2 aromatic rings. The van der Waals surface area contributed by atoms with Gasteiger partial charge in [0.1, 0.15) is 6.04 Å². The molecule has 1 aliphatic heterocycles. The molecule has 1 aromatic heterocycles. The molecule has 0 saturated carbocycles. The molecule has 1 N–H and O–H groups in total. The number of nitrogens with zero attached hydrogens (tertiary/aromatic N) is 3. The van der Waals surface area contributed by atoms with Gasteiger partial charge < -0.3 is 10.2 Å².